The summed E-state index contributed by atoms with van der Waals surface area (Å²) in [4.78, 5) is 9.20. The average Bonchev–Trinajstić information content (AvgIpc) is 3.41. The topological polar surface area (TPSA) is 75.5 Å². The standard InChI is InChI=1S/C34H39FN3O4P/c1-5-41-43(39,42-6-2)20-8-19-40-28-15-16-29(25(4)21-28)27-13-11-26(12-14-27)22-38-18-17-31-32(23-38)37-34(36-31)30-10-7-9-24(3)33(30)35/h7,10-18,21,23-24H,5-6,8-9,19-20,22H2,1-4H3. The number of ether oxygens (including phenoxy) is 1. The van der Waals surface area contributed by atoms with E-state index in [2.05, 4.69) is 51.8 Å². The van der Waals surface area contributed by atoms with Crippen molar-refractivity contribution >= 4 is 13.2 Å². The molecule has 5 rings (SSSR count). The van der Waals surface area contributed by atoms with Gasteiger partial charge in [-0.15, -0.1) is 0 Å². The van der Waals surface area contributed by atoms with E-state index in [9.17, 15) is 8.96 Å². The number of nitrogens with zero attached hydrogens (tertiary/aromatic N) is 3. The fraction of sp³-hybridized carbons (Fsp3) is 0.353. The van der Waals surface area contributed by atoms with Crippen molar-refractivity contribution in [3.05, 3.63) is 95.9 Å². The summed E-state index contributed by atoms with van der Waals surface area (Å²) in [6.45, 7) is 9.41. The highest BCUT2D eigenvalue weighted by atomic mass is 31.2. The number of allylic oxidation sites excluding steroid dienone is 4. The first kappa shape index (κ1) is 30.9. The van der Waals surface area contributed by atoms with Crippen molar-refractivity contribution in [3.63, 3.8) is 0 Å². The molecule has 226 valence electrons. The zero-order valence-electron chi connectivity index (χ0n) is 25.3. The first-order valence-electron chi connectivity index (χ1n) is 14.9. The molecule has 1 atom stereocenters. The van der Waals surface area contributed by atoms with Crippen LogP contribution in [0, 0.1) is 12.8 Å². The lowest BCUT2D eigenvalue weighted by atomic mass is 9.96. The molecule has 0 radical (unpaired) electrons. The third-order valence-corrected chi connectivity index (χ3v) is 9.62. The predicted octanol–water partition coefficient (Wildman–Crippen LogP) is 8.72. The van der Waals surface area contributed by atoms with Crippen molar-refractivity contribution in [2.24, 2.45) is 5.92 Å². The van der Waals surface area contributed by atoms with Crippen LogP contribution in [0.1, 0.15) is 50.6 Å². The maximum absolute atomic E-state index is 14.7. The maximum atomic E-state index is 14.7. The van der Waals surface area contributed by atoms with Crippen molar-refractivity contribution in [1.29, 1.82) is 0 Å². The van der Waals surface area contributed by atoms with Gasteiger partial charge in [-0.3, -0.25) is 4.57 Å². The van der Waals surface area contributed by atoms with E-state index in [4.69, 9.17) is 13.8 Å². The molecule has 1 aliphatic carbocycles. The Bertz CT molecular complexity index is 1620. The van der Waals surface area contributed by atoms with Crippen LogP contribution in [0.4, 0.5) is 4.39 Å². The molecule has 0 saturated carbocycles. The Kier molecular flexibility index (Phi) is 9.91. The van der Waals surface area contributed by atoms with E-state index < -0.39 is 7.60 Å². The minimum absolute atomic E-state index is 0.144. The Labute approximate surface area is 253 Å². The van der Waals surface area contributed by atoms with Gasteiger partial charge in [0.2, 0.25) is 0 Å². The first-order chi connectivity index (χ1) is 20.8. The quantitative estimate of drug-likeness (QED) is 0.112. The molecule has 2 aromatic rings. The molecule has 2 aromatic carbocycles. The lowest BCUT2D eigenvalue weighted by Gasteiger charge is -2.17. The monoisotopic (exact) mass is 603 g/mol. The number of imidazole rings is 1. The second kappa shape index (κ2) is 13.8. The molecule has 0 N–H and O–H groups in total. The second-order valence-corrected chi connectivity index (χ2v) is 13.0. The van der Waals surface area contributed by atoms with E-state index in [1.165, 1.54) is 0 Å². The lowest BCUT2D eigenvalue weighted by molar-refractivity contribution is 0.216. The summed E-state index contributed by atoms with van der Waals surface area (Å²) >= 11 is 0. The molecule has 2 aliphatic heterocycles. The third kappa shape index (κ3) is 7.50. The highest BCUT2D eigenvalue weighted by molar-refractivity contribution is 7.53. The summed E-state index contributed by atoms with van der Waals surface area (Å²) in [5, 5.41) is 0. The molecule has 0 spiro atoms. The van der Waals surface area contributed by atoms with Gasteiger partial charge in [0.1, 0.15) is 17.3 Å². The van der Waals surface area contributed by atoms with Crippen LogP contribution in [-0.2, 0) is 20.2 Å². The number of aryl methyl sites for hydroxylation is 1. The molecular weight excluding hydrogens is 564 g/mol. The summed E-state index contributed by atoms with van der Waals surface area (Å²) in [6.07, 6.45) is 9.32. The zero-order chi connectivity index (χ0) is 30.4. The first-order valence-corrected chi connectivity index (χ1v) is 16.6. The normalized spacial score (nSPS) is 15.4. The van der Waals surface area contributed by atoms with Crippen LogP contribution in [-0.4, -0.2) is 40.5 Å². The van der Waals surface area contributed by atoms with Gasteiger partial charge in [-0.2, -0.15) is 0 Å². The molecule has 2 heterocycles. The van der Waals surface area contributed by atoms with Crippen LogP contribution in [0.3, 0.4) is 0 Å². The van der Waals surface area contributed by atoms with Crippen molar-refractivity contribution < 1.29 is 22.7 Å². The number of pyridine rings is 1. The number of aromatic nitrogens is 3. The van der Waals surface area contributed by atoms with Crippen LogP contribution in [0.5, 0.6) is 5.75 Å². The maximum Gasteiger partial charge on any atom is 0.330 e. The Morgan fingerprint density at radius 3 is 2.49 bits per heavy atom. The number of hydrogen-bond donors (Lipinski definition) is 0. The summed E-state index contributed by atoms with van der Waals surface area (Å²) in [5.41, 5.74) is 6.51. The average molecular weight is 604 g/mol. The van der Waals surface area contributed by atoms with Crippen LogP contribution in [0.2, 0.25) is 0 Å². The Morgan fingerprint density at radius 1 is 1.02 bits per heavy atom. The van der Waals surface area contributed by atoms with E-state index in [0.717, 1.165) is 39.4 Å². The van der Waals surface area contributed by atoms with Gasteiger partial charge in [-0.25, -0.2) is 14.4 Å². The summed E-state index contributed by atoms with van der Waals surface area (Å²) < 4.78 is 46.0. The zero-order valence-corrected chi connectivity index (χ0v) is 26.1. The summed E-state index contributed by atoms with van der Waals surface area (Å²) in [6, 6.07) is 16.5. The van der Waals surface area contributed by atoms with Gasteiger partial charge >= 0.3 is 7.60 Å². The van der Waals surface area contributed by atoms with Gasteiger partial charge in [-0.1, -0.05) is 49.4 Å². The number of fused-ring (bicyclic) bond motifs is 1. The SMILES string of the molecule is CCOP(=O)(CCCOc1ccc(-c2ccc(Cn3ccc4nc(C5=C(F)C(C)CC=C5)nc-4c3)cc2)c(C)c1)OCC. The summed E-state index contributed by atoms with van der Waals surface area (Å²) in [5.74, 6) is 0.930. The number of hydrogen-bond acceptors (Lipinski definition) is 6. The van der Waals surface area contributed by atoms with Gasteiger partial charge in [0.05, 0.1) is 37.2 Å². The van der Waals surface area contributed by atoms with E-state index in [1.807, 2.05) is 57.4 Å². The molecule has 43 heavy (non-hydrogen) atoms. The van der Waals surface area contributed by atoms with Gasteiger partial charge < -0.3 is 18.4 Å². The van der Waals surface area contributed by atoms with E-state index in [0.29, 0.717) is 56.8 Å². The smallest absolute Gasteiger partial charge is 0.330 e. The van der Waals surface area contributed by atoms with Crippen LogP contribution >= 0.6 is 7.60 Å². The van der Waals surface area contributed by atoms with Gasteiger partial charge in [0, 0.05) is 24.9 Å². The van der Waals surface area contributed by atoms with Gasteiger partial charge in [-0.05, 0) is 74.1 Å². The fourth-order valence-electron chi connectivity index (χ4n) is 5.25. The van der Waals surface area contributed by atoms with Crippen molar-refractivity contribution in [3.8, 4) is 28.3 Å². The molecule has 0 fully saturated rings. The molecule has 0 saturated heterocycles. The van der Waals surface area contributed by atoms with E-state index in [-0.39, 0.29) is 11.7 Å². The van der Waals surface area contributed by atoms with Crippen molar-refractivity contribution in [2.45, 2.75) is 47.1 Å². The van der Waals surface area contributed by atoms with Crippen molar-refractivity contribution in [1.82, 2.24) is 14.5 Å². The molecule has 0 bridgehead atoms. The van der Waals surface area contributed by atoms with Crippen LogP contribution in [0.25, 0.3) is 28.1 Å². The Balaban J connectivity index is 1.20. The molecule has 0 aromatic heterocycles. The fourth-order valence-corrected chi connectivity index (χ4v) is 6.88. The molecule has 9 heteroatoms. The minimum Gasteiger partial charge on any atom is -0.494 e. The predicted molar refractivity (Wildman–Crippen MR) is 169 cm³/mol. The molecule has 0 amide bonds. The highest BCUT2D eigenvalue weighted by Crippen LogP contribution is 2.48. The van der Waals surface area contributed by atoms with Crippen molar-refractivity contribution in [2.75, 3.05) is 26.0 Å². The molecule has 7 nitrogen and oxygen atoms in total. The van der Waals surface area contributed by atoms with Gasteiger partial charge in [0.25, 0.3) is 0 Å². The van der Waals surface area contributed by atoms with Crippen LogP contribution in [0.15, 0.2) is 78.9 Å². The Morgan fingerprint density at radius 2 is 1.77 bits per heavy atom. The molecule has 1 unspecified atom stereocenters. The van der Waals surface area contributed by atoms with E-state index >= 15 is 0 Å². The number of rotatable bonds is 13. The molecule has 3 aliphatic rings. The second-order valence-electron chi connectivity index (χ2n) is 10.8. The third-order valence-electron chi connectivity index (χ3n) is 7.46. The number of halogens is 1. The summed E-state index contributed by atoms with van der Waals surface area (Å²) in [7, 11) is -3.05. The largest absolute Gasteiger partial charge is 0.494 e. The Hall–Kier alpha value is -3.58. The van der Waals surface area contributed by atoms with Gasteiger partial charge in [0.15, 0.2) is 5.82 Å². The highest BCUT2D eigenvalue weighted by Gasteiger charge is 2.23. The number of benzene rings is 2. The minimum atomic E-state index is -3.05. The van der Waals surface area contributed by atoms with E-state index in [1.54, 1.807) is 6.08 Å². The lowest BCUT2D eigenvalue weighted by Crippen LogP contribution is -2.05. The van der Waals surface area contributed by atoms with Crippen LogP contribution < -0.4 is 4.74 Å². The molecular formula is C34H39FN3O4P.